The van der Waals surface area contributed by atoms with E-state index in [4.69, 9.17) is 23.3 Å². The molecular formula is C30H53N2O9P. The first-order chi connectivity index (χ1) is 19.1. The Hall–Kier alpha value is -2.36. The van der Waals surface area contributed by atoms with Crippen molar-refractivity contribution < 1.29 is 37.5 Å². The molecule has 1 aromatic rings. The van der Waals surface area contributed by atoms with E-state index in [9.17, 15) is 14.9 Å². The maximum absolute atomic E-state index is 15.3. The van der Waals surface area contributed by atoms with Gasteiger partial charge in [-0.25, -0.2) is 4.79 Å². The minimum atomic E-state index is -4.74. The number of nitrogens with zero attached hydrogens (tertiary/aromatic N) is 1. The summed E-state index contributed by atoms with van der Waals surface area (Å²) >= 11 is 0. The summed E-state index contributed by atoms with van der Waals surface area (Å²) in [5.41, 5.74) is -0.684. The standard InChI is InChI=1S/C30H53N2O9P/c1-18(2)25(19(3)4)40-42(36,41-26(20(5)6)21(7)8)30(12,32(34)35)27(31-28(33)39-29(9,10)11)22-15-16-23(37-13)24(17-22)38-14/h15-21,25-27H,1-14H3,(H,31,33)/t27-,30+/m1/s1. The van der Waals surface area contributed by atoms with E-state index >= 15 is 4.57 Å². The maximum Gasteiger partial charge on any atom is 0.409 e. The van der Waals surface area contributed by atoms with E-state index in [2.05, 4.69) is 5.32 Å². The molecule has 0 bridgehead atoms. The molecule has 0 fully saturated rings. The number of carbonyl (C=O) groups excluding carboxylic acids is 1. The van der Waals surface area contributed by atoms with Crippen LogP contribution >= 0.6 is 7.60 Å². The minimum Gasteiger partial charge on any atom is -0.493 e. The molecule has 0 spiro atoms. The van der Waals surface area contributed by atoms with Crippen LogP contribution in [0.1, 0.15) is 94.7 Å². The topological polar surface area (TPSA) is 135 Å². The number of nitro groups is 1. The summed E-state index contributed by atoms with van der Waals surface area (Å²) in [5.74, 6) is 0.0502. The number of amides is 1. The quantitative estimate of drug-likeness (QED) is 0.119. The molecule has 0 aliphatic rings. The SMILES string of the molecule is COc1ccc([C@@H](NC(=O)OC(C)(C)C)[C@@](C)([N+](=O)[O-])P(=O)(OC(C(C)C)C(C)C)OC(C(C)C)C(C)C)cc1OC. The Kier molecular flexibility index (Phi) is 13.4. The fourth-order valence-corrected chi connectivity index (χ4v) is 7.76. The first-order valence-corrected chi connectivity index (χ1v) is 16.0. The van der Waals surface area contributed by atoms with E-state index < -0.39 is 47.7 Å². The van der Waals surface area contributed by atoms with Crippen molar-refractivity contribution in [1.82, 2.24) is 5.32 Å². The monoisotopic (exact) mass is 616 g/mol. The molecule has 1 rings (SSSR count). The highest BCUT2D eigenvalue weighted by Gasteiger charge is 2.66. The Morgan fingerprint density at radius 3 is 1.60 bits per heavy atom. The zero-order valence-electron chi connectivity index (χ0n) is 27.8. The van der Waals surface area contributed by atoms with E-state index in [1.807, 2.05) is 55.4 Å². The van der Waals surface area contributed by atoms with Gasteiger partial charge in [0.15, 0.2) is 11.5 Å². The van der Waals surface area contributed by atoms with E-state index in [0.29, 0.717) is 5.75 Å². The fraction of sp³-hybridized carbons (Fsp3) is 0.767. The molecule has 11 nitrogen and oxygen atoms in total. The van der Waals surface area contributed by atoms with Crippen LogP contribution in [0.5, 0.6) is 11.5 Å². The summed E-state index contributed by atoms with van der Waals surface area (Å²) in [4.78, 5) is 25.8. The smallest absolute Gasteiger partial charge is 0.409 e. The molecule has 0 saturated heterocycles. The van der Waals surface area contributed by atoms with E-state index in [1.54, 1.807) is 32.9 Å². The second-order valence-electron chi connectivity index (χ2n) is 13.2. The lowest BCUT2D eigenvalue weighted by molar-refractivity contribution is -0.546. The highest BCUT2D eigenvalue weighted by Crippen LogP contribution is 2.67. The zero-order chi connectivity index (χ0) is 32.8. The van der Waals surface area contributed by atoms with Crippen LogP contribution in [-0.2, 0) is 18.3 Å². The molecule has 0 aliphatic heterocycles. The lowest BCUT2D eigenvalue weighted by Gasteiger charge is -2.41. The average Bonchev–Trinajstić information content (AvgIpc) is 2.86. The minimum absolute atomic E-state index is 0.146. The van der Waals surface area contributed by atoms with Gasteiger partial charge >= 0.3 is 19.0 Å². The highest BCUT2D eigenvalue weighted by atomic mass is 31.2. The van der Waals surface area contributed by atoms with Gasteiger partial charge in [0.2, 0.25) is 0 Å². The number of rotatable bonds is 15. The summed E-state index contributed by atoms with van der Waals surface area (Å²) < 4.78 is 44.3. The number of benzene rings is 1. The predicted octanol–water partition coefficient (Wildman–Crippen LogP) is 7.85. The Morgan fingerprint density at radius 1 is 0.833 bits per heavy atom. The van der Waals surface area contributed by atoms with Crippen LogP contribution in [0.2, 0.25) is 0 Å². The zero-order valence-corrected chi connectivity index (χ0v) is 28.7. The van der Waals surface area contributed by atoms with Crippen molar-refractivity contribution >= 4 is 13.7 Å². The number of carbonyl (C=O) groups is 1. The van der Waals surface area contributed by atoms with Crippen LogP contribution in [0, 0.1) is 33.8 Å². The third-order valence-corrected chi connectivity index (χ3v) is 9.59. The molecule has 0 unspecified atom stereocenters. The molecular weight excluding hydrogens is 563 g/mol. The lowest BCUT2D eigenvalue weighted by Crippen LogP contribution is -2.52. The second-order valence-corrected chi connectivity index (χ2v) is 15.5. The highest BCUT2D eigenvalue weighted by molar-refractivity contribution is 7.55. The fourth-order valence-electron chi connectivity index (χ4n) is 4.94. The molecule has 1 amide bonds. The van der Waals surface area contributed by atoms with Crippen LogP contribution in [-0.4, -0.2) is 48.3 Å². The van der Waals surface area contributed by atoms with Crippen LogP contribution in [0.15, 0.2) is 18.2 Å². The van der Waals surface area contributed by atoms with Crippen molar-refractivity contribution in [2.45, 2.75) is 112 Å². The van der Waals surface area contributed by atoms with Gasteiger partial charge in [0.25, 0.3) is 0 Å². The molecule has 42 heavy (non-hydrogen) atoms. The summed E-state index contributed by atoms with van der Waals surface area (Å²) in [7, 11) is -1.85. The number of ether oxygens (including phenoxy) is 3. The van der Waals surface area contributed by atoms with Crippen molar-refractivity contribution in [3.63, 3.8) is 0 Å². The van der Waals surface area contributed by atoms with Gasteiger partial charge in [-0.2, -0.15) is 0 Å². The van der Waals surface area contributed by atoms with E-state index in [0.717, 1.165) is 0 Å². The van der Waals surface area contributed by atoms with Gasteiger partial charge in [-0.3, -0.25) is 23.7 Å². The maximum atomic E-state index is 15.3. The van der Waals surface area contributed by atoms with Crippen molar-refractivity contribution in [2.24, 2.45) is 23.7 Å². The van der Waals surface area contributed by atoms with Gasteiger partial charge in [0.05, 0.1) is 26.4 Å². The van der Waals surface area contributed by atoms with Crippen LogP contribution < -0.4 is 14.8 Å². The summed E-state index contributed by atoms with van der Waals surface area (Å²) in [6, 6.07) is 3.06. The number of nitrogens with one attached hydrogen (secondary N) is 1. The van der Waals surface area contributed by atoms with Gasteiger partial charge in [0.1, 0.15) is 11.6 Å². The van der Waals surface area contributed by atoms with Crippen LogP contribution in [0.25, 0.3) is 0 Å². The number of hydrogen-bond acceptors (Lipinski definition) is 9. The summed E-state index contributed by atoms with van der Waals surface area (Å²) in [6.07, 6.45) is -2.24. The van der Waals surface area contributed by atoms with Gasteiger partial charge in [-0.1, -0.05) is 61.5 Å². The predicted molar refractivity (Wildman–Crippen MR) is 164 cm³/mol. The molecule has 2 atom stereocenters. The Balaban J connectivity index is 4.14. The second kappa shape index (κ2) is 14.9. The average molecular weight is 617 g/mol. The normalized spacial score (nSPS) is 15.0. The van der Waals surface area contributed by atoms with Crippen molar-refractivity contribution in [3.8, 4) is 11.5 Å². The summed E-state index contributed by atoms with van der Waals surface area (Å²) in [5, 5.41) is 13.4. The Labute approximate surface area is 252 Å². The molecule has 242 valence electrons. The van der Waals surface area contributed by atoms with Gasteiger partial charge in [0, 0.05) is 11.8 Å². The molecule has 0 saturated carbocycles. The van der Waals surface area contributed by atoms with Crippen LogP contribution in [0.3, 0.4) is 0 Å². The van der Waals surface area contributed by atoms with Crippen LogP contribution in [0.4, 0.5) is 4.79 Å². The Morgan fingerprint density at radius 2 is 1.26 bits per heavy atom. The molecule has 0 heterocycles. The lowest BCUT2D eigenvalue weighted by atomic mass is 9.97. The van der Waals surface area contributed by atoms with E-state index in [1.165, 1.54) is 27.2 Å². The number of hydrogen-bond donors (Lipinski definition) is 1. The number of alkyl carbamates (subject to hydrolysis) is 1. The molecule has 1 N–H and O–H groups in total. The van der Waals surface area contributed by atoms with Gasteiger partial charge < -0.3 is 19.5 Å². The first-order valence-electron chi connectivity index (χ1n) is 14.5. The third-order valence-electron chi connectivity index (χ3n) is 7.02. The van der Waals surface area contributed by atoms with Gasteiger partial charge in [-0.15, -0.1) is 0 Å². The first kappa shape index (κ1) is 37.7. The van der Waals surface area contributed by atoms with E-state index in [-0.39, 0.29) is 35.0 Å². The Bertz CT molecular complexity index is 1060. The van der Waals surface area contributed by atoms with Crippen molar-refractivity contribution in [2.75, 3.05) is 14.2 Å². The summed E-state index contributed by atoms with van der Waals surface area (Å²) in [6.45, 7) is 21.4. The molecule has 0 aliphatic carbocycles. The van der Waals surface area contributed by atoms with Gasteiger partial charge in [-0.05, 0) is 62.1 Å². The number of methoxy groups -OCH3 is 2. The largest absolute Gasteiger partial charge is 0.493 e. The molecule has 12 heteroatoms. The molecule has 0 aromatic heterocycles. The molecule has 0 radical (unpaired) electrons. The molecule has 1 aromatic carbocycles. The van der Waals surface area contributed by atoms with Crippen molar-refractivity contribution in [3.05, 3.63) is 33.9 Å². The van der Waals surface area contributed by atoms with Crippen molar-refractivity contribution in [1.29, 1.82) is 0 Å². The third kappa shape index (κ3) is 9.07.